The largest absolute Gasteiger partial charge is 0.235 e. The standard InChI is InChI=1S/C2H7N7O6/c10-7(11)3-1-2(5-8(12)13)4-6-9(14)15/h2-6H,1H2. The zero-order valence-corrected chi connectivity index (χ0v) is 7.08. The highest BCUT2D eigenvalue weighted by Gasteiger charge is 2.16. The van der Waals surface area contributed by atoms with E-state index >= 15 is 0 Å². The third kappa shape index (κ3) is 7.91. The van der Waals surface area contributed by atoms with Crippen molar-refractivity contribution in [1.82, 2.24) is 21.8 Å². The molecule has 0 aliphatic rings. The molecule has 0 saturated heterocycles. The molecular formula is C2H7N7O6. The Morgan fingerprint density at radius 1 is 1.00 bits per heavy atom. The molecular weight excluding hydrogens is 218 g/mol. The molecule has 86 valence electrons. The average molecular weight is 225 g/mol. The molecule has 0 aliphatic heterocycles. The van der Waals surface area contributed by atoms with Crippen LogP contribution in [0.25, 0.3) is 0 Å². The summed E-state index contributed by atoms with van der Waals surface area (Å²) >= 11 is 0. The molecule has 0 rings (SSSR count). The second-order valence-corrected chi connectivity index (χ2v) is 2.07. The van der Waals surface area contributed by atoms with E-state index in [1.807, 2.05) is 5.43 Å². The summed E-state index contributed by atoms with van der Waals surface area (Å²) in [5.41, 5.74) is 6.43. The van der Waals surface area contributed by atoms with Crippen molar-refractivity contribution in [3.8, 4) is 0 Å². The van der Waals surface area contributed by atoms with Crippen molar-refractivity contribution in [3.63, 3.8) is 0 Å². The van der Waals surface area contributed by atoms with Gasteiger partial charge in [-0.2, -0.15) is 5.43 Å². The summed E-state index contributed by atoms with van der Waals surface area (Å²) in [6, 6.07) is 0. The van der Waals surface area contributed by atoms with Crippen LogP contribution in [0.3, 0.4) is 0 Å². The normalized spacial score (nSPS) is 11.2. The molecule has 0 amide bonds. The molecule has 1 atom stereocenters. The number of hydrazine groups is 4. The molecule has 4 N–H and O–H groups in total. The summed E-state index contributed by atoms with van der Waals surface area (Å²) in [5, 5.41) is 26.7. The van der Waals surface area contributed by atoms with Gasteiger partial charge in [0.25, 0.3) is 0 Å². The Labute approximate surface area is 81.1 Å². The highest BCUT2D eigenvalue weighted by molar-refractivity contribution is 4.54. The maximum absolute atomic E-state index is 9.96. The minimum Gasteiger partial charge on any atom is -0.235 e. The van der Waals surface area contributed by atoms with Crippen molar-refractivity contribution in [2.45, 2.75) is 6.17 Å². The van der Waals surface area contributed by atoms with Crippen LogP contribution < -0.4 is 21.8 Å². The van der Waals surface area contributed by atoms with E-state index in [4.69, 9.17) is 0 Å². The lowest BCUT2D eigenvalue weighted by molar-refractivity contribution is -0.579. The van der Waals surface area contributed by atoms with Gasteiger partial charge in [-0.1, -0.05) is 5.53 Å². The molecule has 0 aliphatic carbocycles. The highest BCUT2D eigenvalue weighted by Crippen LogP contribution is 1.74. The van der Waals surface area contributed by atoms with Crippen LogP contribution in [0.1, 0.15) is 0 Å². The van der Waals surface area contributed by atoms with E-state index in [1.165, 1.54) is 5.53 Å². The molecule has 0 aromatic heterocycles. The van der Waals surface area contributed by atoms with E-state index in [0.29, 0.717) is 0 Å². The van der Waals surface area contributed by atoms with Crippen molar-refractivity contribution in [3.05, 3.63) is 30.3 Å². The van der Waals surface area contributed by atoms with Gasteiger partial charge in [-0.3, -0.25) is 0 Å². The van der Waals surface area contributed by atoms with Gasteiger partial charge in [-0.05, 0) is 0 Å². The van der Waals surface area contributed by atoms with Crippen LogP contribution in [-0.2, 0) is 0 Å². The van der Waals surface area contributed by atoms with Crippen LogP contribution in [0.2, 0.25) is 0 Å². The number of nitrogens with zero attached hydrogens (tertiary/aromatic N) is 3. The van der Waals surface area contributed by atoms with Crippen LogP contribution in [0, 0.1) is 30.3 Å². The van der Waals surface area contributed by atoms with Crippen LogP contribution in [-0.4, -0.2) is 27.8 Å². The van der Waals surface area contributed by atoms with Crippen LogP contribution in [0.5, 0.6) is 0 Å². The van der Waals surface area contributed by atoms with E-state index in [9.17, 15) is 30.3 Å². The predicted molar refractivity (Wildman–Crippen MR) is 42.2 cm³/mol. The van der Waals surface area contributed by atoms with Gasteiger partial charge >= 0.3 is 0 Å². The summed E-state index contributed by atoms with van der Waals surface area (Å²) in [6.45, 7) is -0.533. The third-order valence-corrected chi connectivity index (χ3v) is 1.02. The van der Waals surface area contributed by atoms with E-state index in [1.54, 1.807) is 10.9 Å². The Morgan fingerprint density at radius 2 is 1.60 bits per heavy atom. The Morgan fingerprint density at radius 3 is 2.00 bits per heavy atom. The Hall–Kier alpha value is -2.44. The average Bonchev–Trinajstić information content (AvgIpc) is 2.08. The summed E-state index contributed by atoms with van der Waals surface area (Å²) < 4.78 is 0. The first-order valence-electron chi connectivity index (χ1n) is 3.36. The number of hydrogen-bond acceptors (Lipinski definition) is 7. The molecule has 0 saturated carbocycles. The third-order valence-electron chi connectivity index (χ3n) is 1.02. The molecule has 13 nitrogen and oxygen atoms in total. The van der Waals surface area contributed by atoms with Gasteiger partial charge in [0, 0.05) is 0 Å². The van der Waals surface area contributed by atoms with Gasteiger partial charge in [-0.15, -0.1) is 10.9 Å². The topological polar surface area (TPSA) is 178 Å². The molecule has 0 aromatic carbocycles. The minimum atomic E-state index is -1.32. The highest BCUT2D eigenvalue weighted by atomic mass is 16.7. The lowest BCUT2D eigenvalue weighted by Crippen LogP contribution is -2.57. The molecule has 0 heterocycles. The molecule has 0 spiro atoms. The van der Waals surface area contributed by atoms with Gasteiger partial charge in [0.2, 0.25) is 0 Å². The van der Waals surface area contributed by atoms with E-state index < -0.39 is 27.8 Å². The first-order chi connectivity index (χ1) is 6.91. The fourth-order valence-corrected chi connectivity index (χ4v) is 0.553. The second-order valence-electron chi connectivity index (χ2n) is 2.07. The first-order valence-corrected chi connectivity index (χ1v) is 3.36. The first kappa shape index (κ1) is 12.6. The number of hydrogen-bond donors (Lipinski definition) is 4. The van der Waals surface area contributed by atoms with Crippen molar-refractivity contribution >= 4 is 0 Å². The lowest BCUT2D eigenvalue weighted by Gasteiger charge is -2.10. The van der Waals surface area contributed by atoms with E-state index in [0.717, 1.165) is 0 Å². The Kier molecular flexibility index (Phi) is 5.09. The van der Waals surface area contributed by atoms with E-state index in [-0.39, 0.29) is 0 Å². The maximum Gasteiger partial charge on any atom is 0.180 e. The fraction of sp³-hybridized carbons (Fsp3) is 1.00. The van der Waals surface area contributed by atoms with Crippen LogP contribution in [0.15, 0.2) is 0 Å². The van der Waals surface area contributed by atoms with Crippen molar-refractivity contribution in [2.24, 2.45) is 0 Å². The quantitative estimate of drug-likeness (QED) is 0.191. The summed E-state index contributed by atoms with van der Waals surface area (Å²) in [6.07, 6.45) is -1.32. The SMILES string of the molecule is O=[N+]([O-])NCC(NN[N+](=O)[O-])N[N+](=O)[O-]. The summed E-state index contributed by atoms with van der Waals surface area (Å²) in [4.78, 5) is 29.6. The molecule has 13 heteroatoms. The van der Waals surface area contributed by atoms with Gasteiger partial charge in [0.1, 0.15) is 6.54 Å². The van der Waals surface area contributed by atoms with Crippen molar-refractivity contribution < 1.29 is 15.1 Å². The molecule has 0 fully saturated rings. The second kappa shape index (κ2) is 6.08. The molecule has 15 heavy (non-hydrogen) atoms. The summed E-state index contributed by atoms with van der Waals surface area (Å²) in [7, 11) is 0. The Balaban J connectivity index is 3.99. The Bertz CT molecular complexity index is 236. The van der Waals surface area contributed by atoms with Gasteiger partial charge in [0.05, 0.1) is 0 Å². The zero-order chi connectivity index (χ0) is 11.8. The number of rotatable bonds is 8. The fourth-order valence-electron chi connectivity index (χ4n) is 0.553. The van der Waals surface area contributed by atoms with Gasteiger partial charge < -0.3 is 0 Å². The van der Waals surface area contributed by atoms with Crippen molar-refractivity contribution in [2.75, 3.05) is 6.54 Å². The van der Waals surface area contributed by atoms with Gasteiger partial charge in [-0.25, -0.2) is 30.3 Å². The van der Waals surface area contributed by atoms with Crippen LogP contribution >= 0.6 is 0 Å². The zero-order valence-electron chi connectivity index (χ0n) is 7.08. The van der Waals surface area contributed by atoms with Gasteiger partial charge in [0.15, 0.2) is 21.3 Å². The van der Waals surface area contributed by atoms with Crippen LogP contribution in [0.4, 0.5) is 0 Å². The monoisotopic (exact) mass is 225 g/mol. The number of nitro groups is 3. The van der Waals surface area contributed by atoms with E-state index in [2.05, 4.69) is 0 Å². The maximum atomic E-state index is 9.96. The summed E-state index contributed by atoms with van der Waals surface area (Å²) in [5.74, 6) is 0. The molecule has 0 bridgehead atoms. The molecule has 0 radical (unpaired) electrons. The smallest absolute Gasteiger partial charge is 0.180 e. The predicted octanol–water partition coefficient (Wildman–Crippen LogP) is -2.84. The molecule has 0 aromatic rings. The lowest BCUT2D eigenvalue weighted by atomic mass is 10.5. The van der Waals surface area contributed by atoms with Crippen molar-refractivity contribution in [1.29, 1.82) is 0 Å². The number of nitrogens with one attached hydrogen (secondary N) is 4. The molecule has 1 unspecified atom stereocenters. The minimum absolute atomic E-state index is 0.533.